The number of rotatable bonds is 3. The topological polar surface area (TPSA) is 12.0 Å². The quantitative estimate of drug-likeness (QED) is 0.855. The number of benzene rings is 1. The first-order valence-corrected chi connectivity index (χ1v) is 6.93. The minimum atomic E-state index is 1.07. The van der Waals surface area contributed by atoms with Crippen LogP contribution >= 0.6 is 11.3 Å². The van der Waals surface area contributed by atoms with E-state index in [2.05, 4.69) is 22.8 Å². The van der Waals surface area contributed by atoms with Gasteiger partial charge >= 0.3 is 0 Å². The van der Waals surface area contributed by atoms with Gasteiger partial charge in [-0.05, 0) is 78.9 Å². The van der Waals surface area contributed by atoms with Crippen LogP contribution in [0.5, 0.6) is 0 Å². The van der Waals surface area contributed by atoms with Gasteiger partial charge in [0, 0.05) is 4.70 Å². The normalized spacial score (nSPS) is 14.6. The minimum Gasteiger partial charge on any atom is -0.319 e. The van der Waals surface area contributed by atoms with E-state index in [4.69, 9.17) is 0 Å². The molecule has 0 aliphatic heterocycles. The first-order valence-electron chi connectivity index (χ1n) is 6.05. The van der Waals surface area contributed by atoms with Crippen LogP contribution in [0.15, 0.2) is 17.5 Å². The van der Waals surface area contributed by atoms with Gasteiger partial charge in [-0.3, -0.25) is 0 Å². The highest BCUT2D eigenvalue weighted by molar-refractivity contribution is 7.17. The van der Waals surface area contributed by atoms with Gasteiger partial charge in [-0.2, -0.15) is 0 Å². The summed E-state index contributed by atoms with van der Waals surface area (Å²) < 4.78 is 1.48. The van der Waals surface area contributed by atoms with Gasteiger partial charge in [0.15, 0.2) is 0 Å². The van der Waals surface area contributed by atoms with Crippen LogP contribution in [0.2, 0.25) is 0 Å². The maximum atomic E-state index is 3.23. The first-order chi connectivity index (χ1) is 7.88. The molecule has 1 heterocycles. The Hall–Kier alpha value is -0.860. The third-order valence-corrected chi connectivity index (χ3v) is 4.51. The number of fused-ring (bicyclic) bond motifs is 2. The zero-order chi connectivity index (χ0) is 11.0. The molecule has 2 heteroatoms. The van der Waals surface area contributed by atoms with Crippen LogP contribution in [0.1, 0.15) is 23.1 Å². The SMILES string of the molecule is CNCCc1csc2cc3c(cc12)CCC3. The number of hydrogen-bond acceptors (Lipinski definition) is 2. The lowest BCUT2D eigenvalue weighted by molar-refractivity contribution is 0.796. The average Bonchev–Trinajstić information content (AvgIpc) is 2.89. The molecule has 1 aliphatic carbocycles. The van der Waals surface area contributed by atoms with Crippen LogP contribution in [-0.2, 0) is 19.3 Å². The molecule has 0 radical (unpaired) electrons. The van der Waals surface area contributed by atoms with E-state index >= 15 is 0 Å². The van der Waals surface area contributed by atoms with Crippen molar-refractivity contribution in [2.24, 2.45) is 0 Å². The van der Waals surface area contributed by atoms with Crippen molar-refractivity contribution in [3.8, 4) is 0 Å². The Bertz CT molecular complexity index is 513. The molecule has 0 unspecified atom stereocenters. The Balaban J connectivity index is 2.05. The molecule has 0 saturated heterocycles. The van der Waals surface area contributed by atoms with Gasteiger partial charge in [-0.15, -0.1) is 11.3 Å². The van der Waals surface area contributed by atoms with E-state index in [0.29, 0.717) is 0 Å². The number of hydrogen-bond donors (Lipinski definition) is 1. The molecule has 0 fully saturated rings. The van der Waals surface area contributed by atoms with Crippen LogP contribution in [0, 0.1) is 0 Å². The summed E-state index contributed by atoms with van der Waals surface area (Å²) in [5.74, 6) is 0. The summed E-state index contributed by atoms with van der Waals surface area (Å²) in [6.45, 7) is 1.07. The second-order valence-corrected chi connectivity index (χ2v) is 5.50. The summed E-state index contributed by atoms with van der Waals surface area (Å²) in [7, 11) is 2.02. The van der Waals surface area contributed by atoms with Crippen LogP contribution < -0.4 is 5.32 Å². The van der Waals surface area contributed by atoms with Gasteiger partial charge in [0.1, 0.15) is 0 Å². The van der Waals surface area contributed by atoms with Crippen LogP contribution in [-0.4, -0.2) is 13.6 Å². The maximum Gasteiger partial charge on any atom is 0.0348 e. The van der Waals surface area contributed by atoms with Crippen LogP contribution in [0.25, 0.3) is 10.1 Å². The highest BCUT2D eigenvalue weighted by atomic mass is 32.1. The lowest BCUT2D eigenvalue weighted by atomic mass is 10.0. The van der Waals surface area contributed by atoms with Crippen molar-refractivity contribution < 1.29 is 0 Å². The molecule has 3 rings (SSSR count). The van der Waals surface area contributed by atoms with Crippen molar-refractivity contribution >= 4 is 21.4 Å². The molecule has 1 aliphatic rings. The Morgan fingerprint density at radius 3 is 2.88 bits per heavy atom. The molecular weight excluding hydrogens is 214 g/mol. The highest BCUT2D eigenvalue weighted by Gasteiger charge is 2.13. The van der Waals surface area contributed by atoms with Crippen LogP contribution in [0.3, 0.4) is 0 Å². The van der Waals surface area contributed by atoms with Gasteiger partial charge in [0.05, 0.1) is 0 Å². The summed E-state index contributed by atoms with van der Waals surface area (Å²) in [6.07, 6.45) is 5.06. The van der Waals surface area contributed by atoms with E-state index in [1.54, 1.807) is 11.1 Å². The summed E-state index contributed by atoms with van der Waals surface area (Å²) in [6, 6.07) is 4.87. The van der Waals surface area contributed by atoms with Crippen molar-refractivity contribution in [3.63, 3.8) is 0 Å². The first kappa shape index (κ1) is 10.3. The lowest BCUT2D eigenvalue weighted by Gasteiger charge is -2.02. The van der Waals surface area contributed by atoms with Gasteiger partial charge in [-0.25, -0.2) is 0 Å². The third kappa shape index (κ3) is 1.66. The molecule has 0 atom stereocenters. The van der Waals surface area contributed by atoms with E-state index < -0.39 is 0 Å². The molecule has 0 saturated carbocycles. The summed E-state index contributed by atoms with van der Waals surface area (Å²) in [5, 5.41) is 7.06. The third-order valence-electron chi connectivity index (χ3n) is 3.51. The number of likely N-dealkylation sites (N-methyl/N-ethyl adjacent to an activating group) is 1. The maximum absolute atomic E-state index is 3.23. The standard InChI is InChI=1S/C14H17NS/c1-15-6-5-12-9-16-14-8-11-4-2-3-10(11)7-13(12)14/h7-9,15H,2-6H2,1H3. The fourth-order valence-electron chi connectivity index (χ4n) is 2.60. The largest absolute Gasteiger partial charge is 0.319 e. The molecular formula is C14H17NS. The lowest BCUT2D eigenvalue weighted by Crippen LogP contribution is -2.09. The molecule has 0 amide bonds. The van der Waals surface area contributed by atoms with E-state index in [1.165, 1.54) is 34.9 Å². The van der Waals surface area contributed by atoms with Gasteiger partial charge in [0.25, 0.3) is 0 Å². The predicted molar refractivity (Wildman–Crippen MR) is 71.5 cm³/mol. The van der Waals surface area contributed by atoms with Gasteiger partial charge < -0.3 is 5.32 Å². The Kier molecular flexibility index (Phi) is 2.70. The molecule has 1 aromatic heterocycles. The summed E-state index contributed by atoms with van der Waals surface area (Å²) in [4.78, 5) is 0. The number of aryl methyl sites for hydroxylation is 2. The van der Waals surface area contributed by atoms with Gasteiger partial charge in [0.2, 0.25) is 0 Å². The molecule has 16 heavy (non-hydrogen) atoms. The monoisotopic (exact) mass is 231 g/mol. The van der Waals surface area contributed by atoms with Crippen molar-refractivity contribution in [2.45, 2.75) is 25.7 Å². The molecule has 0 bridgehead atoms. The smallest absolute Gasteiger partial charge is 0.0348 e. The van der Waals surface area contributed by atoms with E-state index in [-0.39, 0.29) is 0 Å². The van der Waals surface area contributed by atoms with E-state index in [0.717, 1.165) is 13.0 Å². The predicted octanol–water partition coefficient (Wildman–Crippen LogP) is 3.15. The number of thiophene rings is 1. The van der Waals surface area contributed by atoms with Gasteiger partial charge in [-0.1, -0.05) is 0 Å². The average molecular weight is 231 g/mol. The van der Waals surface area contributed by atoms with E-state index in [9.17, 15) is 0 Å². The Morgan fingerprint density at radius 1 is 1.25 bits per heavy atom. The Labute approximate surface area is 100 Å². The van der Waals surface area contributed by atoms with Crippen molar-refractivity contribution in [1.29, 1.82) is 0 Å². The zero-order valence-corrected chi connectivity index (χ0v) is 10.5. The molecule has 0 spiro atoms. The second kappa shape index (κ2) is 4.19. The second-order valence-electron chi connectivity index (χ2n) is 4.59. The minimum absolute atomic E-state index is 1.07. The van der Waals surface area contributed by atoms with Crippen molar-refractivity contribution in [1.82, 2.24) is 5.32 Å². The molecule has 1 nitrogen and oxygen atoms in total. The molecule has 2 aromatic rings. The molecule has 1 aromatic carbocycles. The van der Waals surface area contributed by atoms with E-state index in [1.807, 2.05) is 18.4 Å². The molecule has 1 N–H and O–H groups in total. The van der Waals surface area contributed by atoms with Crippen molar-refractivity contribution in [2.75, 3.05) is 13.6 Å². The summed E-state index contributed by atoms with van der Waals surface area (Å²) >= 11 is 1.90. The Morgan fingerprint density at radius 2 is 2.06 bits per heavy atom. The highest BCUT2D eigenvalue weighted by Crippen LogP contribution is 2.33. The zero-order valence-electron chi connectivity index (χ0n) is 9.68. The fraction of sp³-hybridized carbons (Fsp3) is 0.429. The molecule has 84 valence electrons. The van der Waals surface area contributed by atoms with Crippen LogP contribution in [0.4, 0.5) is 0 Å². The number of nitrogens with one attached hydrogen (secondary N) is 1. The fourth-order valence-corrected chi connectivity index (χ4v) is 3.64. The summed E-state index contributed by atoms with van der Waals surface area (Å²) in [5.41, 5.74) is 4.70. The van der Waals surface area contributed by atoms with Crippen molar-refractivity contribution in [3.05, 3.63) is 34.2 Å².